The Balaban J connectivity index is 1.43. The van der Waals surface area contributed by atoms with Gasteiger partial charge in [0, 0.05) is 23.4 Å². The van der Waals surface area contributed by atoms with Gasteiger partial charge in [-0.3, -0.25) is 9.20 Å². The van der Waals surface area contributed by atoms with Crippen LogP contribution in [0.4, 0.5) is 5.69 Å². The highest BCUT2D eigenvalue weighted by atomic mass is 16.5. The molecule has 1 aliphatic rings. The molecule has 1 saturated carbocycles. The van der Waals surface area contributed by atoms with E-state index in [4.69, 9.17) is 4.52 Å². The van der Waals surface area contributed by atoms with Gasteiger partial charge in [0.2, 0.25) is 11.7 Å². The molecule has 3 aromatic heterocycles. The molecule has 0 atom stereocenters. The molecule has 0 radical (unpaired) electrons. The van der Waals surface area contributed by atoms with Gasteiger partial charge in [-0.1, -0.05) is 29.8 Å². The van der Waals surface area contributed by atoms with Crippen molar-refractivity contribution in [3.63, 3.8) is 0 Å². The van der Waals surface area contributed by atoms with Crippen molar-refractivity contribution in [2.45, 2.75) is 32.1 Å². The van der Waals surface area contributed by atoms with E-state index in [9.17, 15) is 4.79 Å². The third-order valence-corrected chi connectivity index (χ3v) is 5.29. The molecule has 1 aliphatic carbocycles. The molecule has 1 amide bonds. The average molecular weight is 373 g/mol. The summed E-state index contributed by atoms with van der Waals surface area (Å²) in [6, 6.07) is 11.4. The summed E-state index contributed by atoms with van der Waals surface area (Å²) in [6.45, 7) is 1.95. The Labute approximate surface area is 161 Å². The molecule has 0 unspecified atom stereocenters. The molecule has 3 heterocycles. The molecule has 140 valence electrons. The number of aryl methyl sites for hydroxylation is 1. The lowest BCUT2D eigenvalue weighted by molar-refractivity contribution is 0.102. The van der Waals surface area contributed by atoms with E-state index in [0.29, 0.717) is 29.0 Å². The van der Waals surface area contributed by atoms with Crippen LogP contribution in [0.5, 0.6) is 0 Å². The largest absolute Gasteiger partial charge is 0.339 e. The number of benzene rings is 1. The van der Waals surface area contributed by atoms with Gasteiger partial charge in [-0.2, -0.15) is 4.98 Å². The smallest absolute Gasteiger partial charge is 0.274 e. The third-order valence-electron chi connectivity index (χ3n) is 5.29. The lowest BCUT2D eigenvalue weighted by Gasteiger charge is -2.20. The number of nitrogens with one attached hydrogen (secondary N) is 1. The average Bonchev–Trinajstić information content (AvgIpc) is 3.29. The number of pyridine rings is 1. The van der Waals surface area contributed by atoms with Gasteiger partial charge in [0.1, 0.15) is 11.3 Å². The first-order valence-corrected chi connectivity index (χ1v) is 9.37. The van der Waals surface area contributed by atoms with Gasteiger partial charge in [-0.15, -0.1) is 0 Å². The van der Waals surface area contributed by atoms with Crippen LogP contribution in [0.3, 0.4) is 0 Å². The monoisotopic (exact) mass is 373 g/mol. The van der Waals surface area contributed by atoms with E-state index in [2.05, 4.69) is 20.4 Å². The summed E-state index contributed by atoms with van der Waals surface area (Å²) in [4.78, 5) is 21.6. The van der Waals surface area contributed by atoms with Crippen LogP contribution in [0.1, 0.15) is 47.1 Å². The number of carbonyl (C=O) groups is 1. The molecule has 1 N–H and O–H groups in total. The second kappa shape index (κ2) is 6.60. The molecule has 7 nitrogen and oxygen atoms in total. The van der Waals surface area contributed by atoms with Crippen LogP contribution in [0.2, 0.25) is 0 Å². The quantitative estimate of drug-likeness (QED) is 0.579. The van der Waals surface area contributed by atoms with E-state index in [1.54, 1.807) is 10.6 Å². The van der Waals surface area contributed by atoms with Crippen LogP contribution in [-0.4, -0.2) is 25.4 Å². The van der Waals surface area contributed by atoms with Gasteiger partial charge in [0.05, 0.1) is 6.20 Å². The van der Waals surface area contributed by atoms with Crippen molar-refractivity contribution in [1.82, 2.24) is 19.5 Å². The normalized spacial score (nSPS) is 14.2. The number of anilines is 1. The first-order valence-electron chi connectivity index (χ1n) is 9.37. The predicted molar refractivity (Wildman–Crippen MR) is 104 cm³/mol. The van der Waals surface area contributed by atoms with Crippen molar-refractivity contribution in [3.8, 4) is 11.4 Å². The maximum Gasteiger partial charge on any atom is 0.274 e. The number of nitrogens with zero attached hydrogens (tertiary/aromatic N) is 4. The Kier molecular flexibility index (Phi) is 3.93. The summed E-state index contributed by atoms with van der Waals surface area (Å²) in [5, 5.41) is 7.10. The van der Waals surface area contributed by atoms with Gasteiger partial charge in [-0.25, -0.2) is 4.98 Å². The third kappa shape index (κ3) is 2.85. The lowest BCUT2D eigenvalue weighted by atomic mass is 9.85. The molecule has 1 aromatic carbocycles. The molecule has 0 spiro atoms. The minimum atomic E-state index is -0.220. The van der Waals surface area contributed by atoms with Crippen LogP contribution >= 0.6 is 0 Å². The van der Waals surface area contributed by atoms with E-state index >= 15 is 0 Å². The van der Waals surface area contributed by atoms with Crippen LogP contribution in [-0.2, 0) is 0 Å². The molecule has 28 heavy (non-hydrogen) atoms. The number of fused-ring (bicyclic) bond motifs is 1. The predicted octanol–water partition coefficient (Wildman–Crippen LogP) is 4.21. The summed E-state index contributed by atoms with van der Waals surface area (Å²) in [5.74, 6) is 1.42. The number of hydrogen-bond acceptors (Lipinski definition) is 5. The molecule has 5 rings (SSSR count). The highest BCUT2D eigenvalue weighted by Crippen LogP contribution is 2.36. The van der Waals surface area contributed by atoms with E-state index in [1.807, 2.05) is 49.5 Å². The zero-order valence-corrected chi connectivity index (χ0v) is 15.4. The maximum atomic E-state index is 12.8. The first kappa shape index (κ1) is 16.7. The number of rotatable bonds is 4. The van der Waals surface area contributed by atoms with E-state index in [-0.39, 0.29) is 5.91 Å². The highest BCUT2D eigenvalue weighted by molar-refractivity contribution is 6.04. The van der Waals surface area contributed by atoms with Crippen molar-refractivity contribution in [3.05, 3.63) is 65.9 Å². The Morgan fingerprint density at radius 3 is 2.96 bits per heavy atom. The van der Waals surface area contributed by atoms with E-state index < -0.39 is 0 Å². The van der Waals surface area contributed by atoms with Crippen LogP contribution in [0.15, 0.2) is 53.3 Å². The van der Waals surface area contributed by atoms with E-state index in [1.165, 1.54) is 6.42 Å². The molecular formula is C21H19N5O2. The number of aromatic nitrogens is 4. The van der Waals surface area contributed by atoms with Crippen LogP contribution in [0.25, 0.3) is 17.0 Å². The standard InChI is InChI=1S/C21H19N5O2/c1-13-8-9-15(19-24-21(28-25-19)14-5-4-6-14)11-16(13)23-20(27)17-12-22-18-7-2-3-10-26(17)18/h2-3,7-12,14H,4-6H2,1H3,(H,23,27). The maximum absolute atomic E-state index is 12.8. The van der Waals surface area contributed by atoms with Gasteiger partial charge < -0.3 is 9.84 Å². The Morgan fingerprint density at radius 2 is 2.14 bits per heavy atom. The summed E-state index contributed by atoms with van der Waals surface area (Å²) < 4.78 is 7.18. The molecular weight excluding hydrogens is 354 g/mol. The van der Waals surface area contributed by atoms with Crippen LogP contribution in [0, 0.1) is 6.92 Å². The molecule has 0 saturated heterocycles. The lowest BCUT2D eigenvalue weighted by Crippen LogP contribution is -2.15. The molecule has 7 heteroatoms. The van der Waals surface area contributed by atoms with Gasteiger partial charge >= 0.3 is 0 Å². The van der Waals surface area contributed by atoms with Gasteiger partial charge in [0.25, 0.3) is 5.91 Å². The molecule has 0 aliphatic heterocycles. The molecule has 4 aromatic rings. The minimum absolute atomic E-state index is 0.220. The summed E-state index contributed by atoms with van der Waals surface area (Å²) in [6.07, 6.45) is 6.83. The molecule has 0 bridgehead atoms. The number of amides is 1. The summed E-state index contributed by atoms with van der Waals surface area (Å²) in [7, 11) is 0. The second-order valence-electron chi connectivity index (χ2n) is 7.14. The fourth-order valence-corrected chi connectivity index (χ4v) is 3.36. The Morgan fingerprint density at radius 1 is 1.25 bits per heavy atom. The van der Waals surface area contributed by atoms with Crippen molar-refractivity contribution in [1.29, 1.82) is 0 Å². The first-order chi connectivity index (χ1) is 13.7. The fraction of sp³-hybridized carbons (Fsp3) is 0.238. The Hall–Kier alpha value is -3.48. The van der Waals surface area contributed by atoms with Gasteiger partial charge in [-0.05, 0) is 43.5 Å². The van der Waals surface area contributed by atoms with Crippen molar-refractivity contribution >= 4 is 17.2 Å². The summed E-state index contributed by atoms with van der Waals surface area (Å²) >= 11 is 0. The zero-order chi connectivity index (χ0) is 19.1. The number of carbonyl (C=O) groups excluding carboxylic acids is 1. The second-order valence-corrected chi connectivity index (χ2v) is 7.14. The number of imidazole rings is 1. The fourth-order valence-electron chi connectivity index (χ4n) is 3.36. The number of hydrogen-bond donors (Lipinski definition) is 1. The van der Waals surface area contributed by atoms with Crippen molar-refractivity contribution in [2.24, 2.45) is 0 Å². The SMILES string of the molecule is Cc1ccc(-c2noc(C3CCC3)n2)cc1NC(=O)c1cnc2ccccn12. The topological polar surface area (TPSA) is 85.3 Å². The van der Waals surface area contributed by atoms with Crippen LogP contribution < -0.4 is 5.32 Å². The zero-order valence-electron chi connectivity index (χ0n) is 15.4. The highest BCUT2D eigenvalue weighted by Gasteiger charge is 2.25. The summed E-state index contributed by atoms with van der Waals surface area (Å²) in [5.41, 5.74) is 3.69. The van der Waals surface area contributed by atoms with Crippen molar-refractivity contribution in [2.75, 3.05) is 5.32 Å². The minimum Gasteiger partial charge on any atom is -0.339 e. The van der Waals surface area contributed by atoms with Crippen molar-refractivity contribution < 1.29 is 9.32 Å². The van der Waals surface area contributed by atoms with Gasteiger partial charge in [0.15, 0.2) is 0 Å². The van der Waals surface area contributed by atoms with E-state index in [0.717, 1.165) is 29.6 Å². The Bertz CT molecular complexity index is 1170. The molecule has 1 fully saturated rings.